The Bertz CT molecular complexity index is 864. The van der Waals surface area contributed by atoms with E-state index >= 15 is 0 Å². The van der Waals surface area contributed by atoms with Crippen molar-refractivity contribution in [3.05, 3.63) is 58.9 Å². The van der Waals surface area contributed by atoms with Crippen molar-refractivity contribution in [2.45, 2.75) is 32.9 Å². The Kier molecular flexibility index (Phi) is 8.33. The molecule has 0 aliphatic rings. The molecule has 2 rings (SSSR count). The number of thioether (sulfide) groups is 1. The summed E-state index contributed by atoms with van der Waals surface area (Å²) < 4.78 is 7.22. The maximum atomic E-state index is 12.6. The Labute approximate surface area is 175 Å². The van der Waals surface area contributed by atoms with Gasteiger partial charge in [0.1, 0.15) is 6.04 Å². The first-order valence-corrected chi connectivity index (χ1v) is 10.7. The summed E-state index contributed by atoms with van der Waals surface area (Å²) in [4.78, 5) is 36.0. The molecule has 0 fully saturated rings. The lowest BCUT2D eigenvalue weighted by Crippen LogP contribution is -2.45. The van der Waals surface area contributed by atoms with Gasteiger partial charge < -0.3 is 20.4 Å². The van der Waals surface area contributed by atoms with Gasteiger partial charge in [-0.05, 0) is 43.9 Å². The Morgan fingerprint density at radius 2 is 1.90 bits per heavy atom. The van der Waals surface area contributed by atoms with E-state index in [1.54, 1.807) is 6.07 Å². The number of amides is 2. The second-order valence-corrected chi connectivity index (χ2v) is 7.72. The zero-order valence-electron chi connectivity index (χ0n) is 16.9. The highest BCUT2D eigenvalue weighted by molar-refractivity contribution is 7.98. The van der Waals surface area contributed by atoms with Gasteiger partial charge in [-0.3, -0.25) is 4.79 Å². The number of nitrogens with two attached hydrogens (primary N) is 1. The number of carbonyl (C=O) groups is 3. The van der Waals surface area contributed by atoms with E-state index in [0.717, 1.165) is 17.0 Å². The van der Waals surface area contributed by atoms with E-state index in [0.29, 0.717) is 24.3 Å². The Morgan fingerprint density at radius 3 is 2.52 bits per heavy atom. The van der Waals surface area contributed by atoms with Crippen LogP contribution in [0, 0.1) is 13.8 Å². The summed E-state index contributed by atoms with van der Waals surface area (Å²) in [6.45, 7) is 4.09. The average Bonchev–Trinajstić information content (AvgIpc) is 2.98. The topological polar surface area (TPSA) is 103 Å². The van der Waals surface area contributed by atoms with Crippen LogP contribution >= 0.6 is 11.8 Å². The third-order valence-corrected chi connectivity index (χ3v) is 5.26. The zero-order chi connectivity index (χ0) is 21.4. The molecule has 2 aromatic rings. The second kappa shape index (κ2) is 10.7. The van der Waals surface area contributed by atoms with Gasteiger partial charge in [-0.15, -0.1) is 0 Å². The molecule has 3 N–H and O–H groups in total. The number of carbonyl (C=O) groups excluding carboxylic acids is 3. The molecule has 8 heteroatoms. The molecule has 1 atom stereocenters. The number of urea groups is 1. The molecule has 0 radical (unpaired) electrons. The summed E-state index contributed by atoms with van der Waals surface area (Å²) in [5.41, 5.74) is 8.55. The molecule has 0 spiro atoms. The summed E-state index contributed by atoms with van der Waals surface area (Å²) in [5, 5.41) is 2.37. The number of ether oxygens (including phenoxy) is 1. The lowest BCUT2D eigenvalue weighted by Gasteiger charge is -2.15. The summed E-state index contributed by atoms with van der Waals surface area (Å²) >= 11 is 1.53. The van der Waals surface area contributed by atoms with Crippen molar-refractivity contribution < 1.29 is 19.1 Å². The van der Waals surface area contributed by atoms with Crippen LogP contribution in [0.2, 0.25) is 0 Å². The first-order valence-electron chi connectivity index (χ1n) is 9.28. The highest BCUT2D eigenvalue weighted by atomic mass is 32.2. The number of primary amides is 1. The molecule has 0 saturated carbocycles. The fraction of sp³-hybridized carbons (Fsp3) is 0.381. The maximum Gasteiger partial charge on any atom is 0.329 e. The molecule has 0 bridgehead atoms. The quantitative estimate of drug-likeness (QED) is 0.457. The summed E-state index contributed by atoms with van der Waals surface area (Å²) in [6, 6.07) is 10.1. The van der Waals surface area contributed by atoms with Crippen LogP contribution in [-0.2, 0) is 16.1 Å². The van der Waals surface area contributed by atoms with Gasteiger partial charge in [-0.2, -0.15) is 11.8 Å². The van der Waals surface area contributed by atoms with Crippen LogP contribution < -0.4 is 11.1 Å². The van der Waals surface area contributed by atoms with E-state index in [4.69, 9.17) is 10.5 Å². The summed E-state index contributed by atoms with van der Waals surface area (Å²) in [6.07, 6.45) is 2.27. The lowest BCUT2D eigenvalue weighted by molar-refractivity contribution is -0.144. The van der Waals surface area contributed by atoms with Crippen LogP contribution in [0.15, 0.2) is 36.4 Å². The number of nitrogens with zero attached hydrogens (tertiary/aromatic N) is 1. The standard InChI is InChI=1S/C21H27N3O4S/c1-14-11-17(15(2)24(14)12-16-7-5-4-6-8-16)19(25)13-28-20(26)18(9-10-29-3)23-21(22)27/h4-8,11,18H,9-10,12-13H2,1-3H3,(H3,22,23,27)/t18-/m0/s1. The van der Waals surface area contributed by atoms with Crippen molar-refractivity contribution in [1.29, 1.82) is 0 Å². The smallest absolute Gasteiger partial charge is 0.329 e. The first-order chi connectivity index (χ1) is 13.8. The molecule has 0 aliphatic carbocycles. The number of nitrogens with one attached hydrogen (secondary N) is 1. The van der Waals surface area contributed by atoms with Crippen LogP contribution in [0.1, 0.15) is 33.7 Å². The van der Waals surface area contributed by atoms with E-state index in [-0.39, 0.29) is 12.4 Å². The van der Waals surface area contributed by atoms with Crippen LogP contribution in [0.5, 0.6) is 0 Å². The zero-order valence-corrected chi connectivity index (χ0v) is 17.8. The number of hydrogen-bond donors (Lipinski definition) is 2. The fourth-order valence-electron chi connectivity index (χ4n) is 3.06. The Balaban J connectivity index is 2.04. The number of benzene rings is 1. The first kappa shape index (κ1) is 22.5. The van der Waals surface area contributed by atoms with Crippen molar-refractivity contribution in [2.75, 3.05) is 18.6 Å². The highest BCUT2D eigenvalue weighted by Crippen LogP contribution is 2.18. The van der Waals surface area contributed by atoms with Gasteiger partial charge in [0.25, 0.3) is 0 Å². The molecule has 29 heavy (non-hydrogen) atoms. The third-order valence-electron chi connectivity index (χ3n) is 4.61. The molecule has 7 nitrogen and oxygen atoms in total. The van der Waals surface area contributed by atoms with Crippen molar-refractivity contribution in [3.63, 3.8) is 0 Å². The minimum absolute atomic E-state index is 0.284. The fourth-order valence-corrected chi connectivity index (χ4v) is 3.54. The number of hydrogen-bond acceptors (Lipinski definition) is 5. The van der Waals surface area contributed by atoms with Gasteiger partial charge in [0, 0.05) is 23.5 Å². The largest absolute Gasteiger partial charge is 0.456 e. The monoisotopic (exact) mass is 417 g/mol. The van der Waals surface area contributed by atoms with Crippen LogP contribution in [0.3, 0.4) is 0 Å². The van der Waals surface area contributed by atoms with E-state index in [1.165, 1.54) is 11.8 Å². The predicted molar refractivity (Wildman–Crippen MR) is 114 cm³/mol. The molecular weight excluding hydrogens is 390 g/mol. The van der Waals surface area contributed by atoms with Crippen LogP contribution in [0.4, 0.5) is 4.79 Å². The van der Waals surface area contributed by atoms with Gasteiger partial charge in [-0.25, -0.2) is 9.59 Å². The van der Waals surface area contributed by atoms with Crippen molar-refractivity contribution in [3.8, 4) is 0 Å². The summed E-state index contributed by atoms with van der Waals surface area (Å²) in [7, 11) is 0. The molecule has 0 unspecified atom stereocenters. The van der Waals surface area contributed by atoms with E-state index < -0.39 is 18.0 Å². The molecule has 1 aromatic carbocycles. The van der Waals surface area contributed by atoms with E-state index in [1.807, 2.05) is 50.4 Å². The molecule has 0 aliphatic heterocycles. The lowest BCUT2D eigenvalue weighted by atomic mass is 10.1. The molecule has 1 aromatic heterocycles. The number of esters is 1. The van der Waals surface area contributed by atoms with Crippen molar-refractivity contribution >= 4 is 29.5 Å². The minimum atomic E-state index is -0.863. The van der Waals surface area contributed by atoms with Crippen molar-refractivity contribution in [2.24, 2.45) is 5.73 Å². The third kappa shape index (κ3) is 6.39. The van der Waals surface area contributed by atoms with E-state index in [2.05, 4.69) is 9.88 Å². The maximum absolute atomic E-state index is 12.6. The molecule has 0 saturated heterocycles. The molecule has 2 amide bonds. The summed E-state index contributed by atoms with van der Waals surface area (Å²) in [5.74, 6) is -0.299. The Morgan fingerprint density at radius 1 is 1.21 bits per heavy atom. The van der Waals surface area contributed by atoms with Gasteiger partial charge >= 0.3 is 12.0 Å². The van der Waals surface area contributed by atoms with Crippen molar-refractivity contribution in [1.82, 2.24) is 9.88 Å². The Hall–Kier alpha value is -2.74. The molecular formula is C21H27N3O4S. The van der Waals surface area contributed by atoms with Gasteiger partial charge in [0.15, 0.2) is 6.61 Å². The van der Waals surface area contributed by atoms with E-state index in [9.17, 15) is 14.4 Å². The number of aryl methyl sites for hydroxylation is 1. The second-order valence-electron chi connectivity index (χ2n) is 6.73. The minimum Gasteiger partial charge on any atom is -0.456 e. The number of rotatable bonds is 10. The number of Topliss-reactive ketones (excluding diaryl/α,β-unsaturated/α-hetero) is 1. The average molecular weight is 418 g/mol. The van der Waals surface area contributed by atoms with Gasteiger partial charge in [0.05, 0.1) is 0 Å². The number of aromatic nitrogens is 1. The van der Waals surface area contributed by atoms with Crippen LogP contribution in [0.25, 0.3) is 0 Å². The normalized spacial score (nSPS) is 11.7. The number of ketones is 1. The SMILES string of the molecule is CSCC[C@H](NC(N)=O)C(=O)OCC(=O)c1cc(C)n(Cc2ccccc2)c1C. The highest BCUT2D eigenvalue weighted by Gasteiger charge is 2.23. The van der Waals surface area contributed by atoms with Crippen LogP contribution in [-0.4, -0.2) is 47.0 Å². The molecule has 156 valence electrons. The van der Waals surface area contributed by atoms with Gasteiger partial charge in [-0.1, -0.05) is 30.3 Å². The predicted octanol–water partition coefficient (Wildman–Crippen LogP) is 2.67. The van der Waals surface area contributed by atoms with Gasteiger partial charge in [0.2, 0.25) is 5.78 Å². The molecule has 1 heterocycles.